The van der Waals surface area contributed by atoms with Gasteiger partial charge in [-0.3, -0.25) is 4.79 Å². The minimum Gasteiger partial charge on any atom is -0.479 e. The normalized spacial score (nSPS) is 11.8. The molecule has 74 valence electrons. The van der Waals surface area contributed by atoms with Crippen LogP contribution in [-0.4, -0.2) is 17.5 Å². The van der Waals surface area contributed by atoms with Gasteiger partial charge in [-0.2, -0.15) is 0 Å². The molecule has 0 radical (unpaired) electrons. The molecule has 1 unspecified atom stereocenters. The number of aliphatic carboxylic acids is 1. The largest absolute Gasteiger partial charge is 0.479 e. The molecule has 14 heavy (non-hydrogen) atoms. The summed E-state index contributed by atoms with van der Waals surface area (Å²) in [6, 6.07) is 5.78. The van der Waals surface area contributed by atoms with Gasteiger partial charge in [-0.05, 0) is 17.7 Å². The molecular formula is C9H8BrNO3. The number of carboxylic acids is 1. The molecule has 1 amide bonds. The molecule has 1 aromatic carbocycles. The molecule has 0 fully saturated rings. The quantitative estimate of drug-likeness (QED) is 0.800. The summed E-state index contributed by atoms with van der Waals surface area (Å²) in [6.45, 7) is 0. The monoisotopic (exact) mass is 257 g/mol. The van der Waals surface area contributed by atoms with E-state index in [4.69, 9.17) is 5.11 Å². The van der Waals surface area contributed by atoms with Crippen LogP contribution >= 0.6 is 15.9 Å². The Morgan fingerprint density at radius 3 is 2.79 bits per heavy atom. The number of hydrogen-bond acceptors (Lipinski definition) is 2. The van der Waals surface area contributed by atoms with E-state index in [-0.39, 0.29) is 0 Å². The van der Waals surface area contributed by atoms with E-state index in [1.165, 1.54) is 0 Å². The van der Waals surface area contributed by atoms with Gasteiger partial charge in [0.1, 0.15) is 0 Å². The van der Waals surface area contributed by atoms with Gasteiger partial charge >= 0.3 is 5.97 Å². The molecule has 0 saturated carbocycles. The summed E-state index contributed by atoms with van der Waals surface area (Å²) < 4.78 is 0.772. The third kappa shape index (κ3) is 2.56. The van der Waals surface area contributed by atoms with Crippen LogP contribution in [0, 0.1) is 0 Å². The number of rotatable bonds is 4. The number of hydrogen-bond donors (Lipinski definition) is 2. The van der Waals surface area contributed by atoms with Crippen LogP contribution < -0.4 is 5.32 Å². The Labute approximate surface area is 89.1 Å². The van der Waals surface area contributed by atoms with E-state index in [1.807, 2.05) is 0 Å². The second-order valence-electron chi connectivity index (χ2n) is 2.61. The van der Waals surface area contributed by atoms with Crippen LogP contribution in [0.2, 0.25) is 0 Å². The lowest BCUT2D eigenvalue weighted by Crippen LogP contribution is -2.27. The molecule has 5 heteroatoms. The Kier molecular flexibility index (Phi) is 3.64. The SMILES string of the molecule is O=CNC(C(=O)O)c1cccc(Br)c1. The van der Waals surface area contributed by atoms with E-state index >= 15 is 0 Å². The molecule has 0 aliphatic rings. The summed E-state index contributed by atoms with van der Waals surface area (Å²) in [7, 11) is 0. The number of nitrogens with one attached hydrogen (secondary N) is 1. The number of benzene rings is 1. The van der Waals surface area contributed by atoms with Crippen LogP contribution in [0.25, 0.3) is 0 Å². The first-order chi connectivity index (χ1) is 6.65. The highest BCUT2D eigenvalue weighted by molar-refractivity contribution is 9.10. The zero-order valence-corrected chi connectivity index (χ0v) is 8.69. The minimum absolute atomic E-state index is 0.375. The van der Waals surface area contributed by atoms with E-state index in [0.29, 0.717) is 12.0 Å². The van der Waals surface area contributed by atoms with E-state index in [2.05, 4.69) is 21.2 Å². The van der Waals surface area contributed by atoms with Crippen molar-refractivity contribution in [3.63, 3.8) is 0 Å². The predicted molar refractivity (Wildman–Crippen MR) is 53.7 cm³/mol. The third-order valence-corrected chi connectivity index (χ3v) is 2.16. The van der Waals surface area contributed by atoms with E-state index in [1.54, 1.807) is 24.3 Å². The molecule has 0 spiro atoms. The maximum atomic E-state index is 10.8. The van der Waals surface area contributed by atoms with Gasteiger partial charge in [0.15, 0.2) is 6.04 Å². The molecule has 0 bridgehead atoms. The van der Waals surface area contributed by atoms with Crippen molar-refractivity contribution in [1.29, 1.82) is 0 Å². The van der Waals surface area contributed by atoms with Crippen molar-refractivity contribution in [2.24, 2.45) is 0 Å². The molecule has 1 atom stereocenters. The summed E-state index contributed by atoms with van der Waals surface area (Å²) in [6.07, 6.45) is 0.375. The standard InChI is InChI=1S/C9H8BrNO3/c10-7-3-1-2-6(4-7)8(9(13)14)11-5-12/h1-5,8H,(H,11,12)(H,13,14). The molecule has 0 saturated heterocycles. The first-order valence-corrected chi connectivity index (χ1v) is 4.62. The molecule has 1 rings (SSSR count). The zero-order chi connectivity index (χ0) is 10.6. The first kappa shape index (κ1) is 10.7. The molecule has 0 aromatic heterocycles. The zero-order valence-electron chi connectivity index (χ0n) is 7.11. The fraction of sp³-hybridized carbons (Fsp3) is 0.111. The van der Waals surface area contributed by atoms with Crippen molar-refractivity contribution in [3.05, 3.63) is 34.3 Å². The van der Waals surface area contributed by atoms with Crippen LogP contribution in [0.5, 0.6) is 0 Å². The molecular weight excluding hydrogens is 250 g/mol. The maximum Gasteiger partial charge on any atom is 0.330 e. The van der Waals surface area contributed by atoms with Crippen molar-refractivity contribution in [2.45, 2.75) is 6.04 Å². The Bertz CT molecular complexity index is 354. The summed E-state index contributed by atoms with van der Waals surface area (Å²) in [5, 5.41) is 11.0. The number of carboxylic acid groups (broad SMARTS) is 1. The second kappa shape index (κ2) is 4.76. The summed E-state index contributed by atoms with van der Waals surface area (Å²) in [5.41, 5.74) is 0.527. The molecule has 4 nitrogen and oxygen atoms in total. The smallest absolute Gasteiger partial charge is 0.330 e. The molecule has 0 aliphatic carbocycles. The van der Waals surface area contributed by atoms with E-state index in [0.717, 1.165) is 4.47 Å². The lowest BCUT2D eigenvalue weighted by molar-refractivity contribution is -0.140. The van der Waals surface area contributed by atoms with Crippen molar-refractivity contribution in [2.75, 3.05) is 0 Å². The lowest BCUT2D eigenvalue weighted by atomic mass is 10.1. The molecule has 2 N–H and O–H groups in total. The van der Waals surface area contributed by atoms with Crippen molar-refractivity contribution >= 4 is 28.3 Å². The Balaban J connectivity index is 2.98. The van der Waals surface area contributed by atoms with Gasteiger partial charge in [0, 0.05) is 4.47 Å². The van der Waals surface area contributed by atoms with Crippen LogP contribution in [0.15, 0.2) is 28.7 Å². The predicted octanol–water partition coefficient (Wildman–Crippen LogP) is 1.32. The fourth-order valence-electron chi connectivity index (χ4n) is 1.06. The highest BCUT2D eigenvalue weighted by Crippen LogP contribution is 2.17. The van der Waals surface area contributed by atoms with Crippen molar-refractivity contribution in [3.8, 4) is 0 Å². The third-order valence-electron chi connectivity index (χ3n) is 1.66. The number of halogens is 1. The van der Waals surface area contributed by atoms with Gasteiger partial charge in [0.2, 0.25) is 6.41 Å². The van der Waals surface area contributed by atoms with E-state index in [9.17, 15) is 9.59 Å². The Morgan fingerprint density at radius 1 is 1.57 bits per heavy atom. The number of carbonyl (C=O) groups is 2. The lowest BCUT2D eigenvalue weighted by Gasteiger charge is -2.11. The second-order valence-corrected chi connectivity index (χ2v) is 3.53. The van der Waals surface area contributed by atoms with Gasteiger partial charge in [-0.1, -0.05) is 28.1 Å². The Morgan fingerprint density at radius 2 is 2.29 bits per heavy atom. The Hall–Kier alpha value is -1.36. The highest BCUT2D eigenvalue weighted by atomic mass is 79.9. The number of amides is 1. The fourth-order valence-corrected chi connectivity index (χ4v) is 1.48. The van der Waals surface area contributed by atoms with Gasteiger partial charge in [-0.15, -0.1) is 0 Å². The topological polar surface area (TPSA) is 66.4 Å². The van der Waals surface area contributed by atoms with Gasteiger partial charge in [0.05, 0.1) is 0 Å². The van der Waals surface area contributed by atoms with Crippen LogP contribution in [0.3, 0.4) is 0 Å². The summed E-state index contributed by atoms with van der Waals surface area (Å²) in [5.74, 6) is -1.09. The summed E-state index contributed by atoms with van der Waals surface area (Å²) >= 11 is 3.22. The van der Waals surface area contributed by atoms with Crippen LogP contribution in [0.4, 0.5) is 0 Å². The first-order valence-electron chi connectivity index (χ1n) is 3.83. The van der Waals surface area contributed by atoms with Crippen LogP contribution in [0.1, 0.15) is 11.6 Å². The average Bonchev–Trinajstić information content (AvgIpc) is 2.13. The van der Waals surface area contributed by atoms with Crippen molar-refractivity contribution < 1.29 is 14.7 Å². The van der Waals surface area contributed by atoms with Crippen LogP contribution in [-0.2, 0) is 9.59 Å². The molecule has 0 heterocycles. The van der Waals surface area contributed by atoms with Crippen molar-refractivity contribution in [1.82, 2.24) is 5.32 Å². The highest BCUT2D eigenvalue weighted by Gasteiger charge is 2.18. The minimum atomic E-state index is -1.09. The average molecular weight is 258 g/mol. The van der Waals surface area contributed by atoms with E-state index < -0.39 is 12.0 Å². The summed E-state index contributed by atoms with van der Waals surface area (Å²) in [4.78, 5) is 21.0. The number of carbonyl (C=O) groups excluding carboxylic acids is 1. The van der Waals surface area contributed by atoms with Gasteiger partial charge in [0.25, 0.3) is 0 Å². The maximum absolute atomic E-state index is 10.8. The van der Waals surface area contributed by atoms with Gasteiger partial charge < -0.3 is 10.4 Å². The molecule has 0 aliphatic heterocycles. The van der Waals surface area contributed by atoms with Gasteiger partial charge in [-0.25, -0.2) is 4.79 Å². The molecule has 1 aromatic rings.